The van der Waals surface area contributed by atoms with Gasteiger partial charge in [0.2, 0.25) is 5.91 Å². The summed E-state index contributed by atoms with van der Waals surface area (Å²) in [6.45, 7) is 3.85. The number of hydrogen-bond acceptors (Lipinski definition) is 2. The van der Waals surface area contributed by atoms with Crippen LogP contribution in [0.4, 0.5) is 0 Å². The van der Waals surface area contributed by atoms with E-state index in [4.69, 9.17) is 0 Å². The summed E-state index contributed by atoms with van der Waals surface area (Å²) in [5, 5.41) is 3.31. The average molecular weight is 246 g/mol. The van der Waals surface area contributed by atoms with Crippen molar-refractivity contribution in [3.05, 3.63) is 35.4 Å². The van der Waals surface area contributed by atoms with Gasteiger partial charge >= 0.3 is 0 Å². The number of nitrogens with zero attached hydrogens (tertiary/aromatic N) is 1. The van der Waals surface area contributed by atoms with E-state index in [0.717, 1.165) is 25.9 Å². The molecule has 2 rings (SSSR count). The molecule has 1 saturated heterocycles. The second kappa shape index (κ2) is 6.01. The van der Waals surface area contributed by atoms with Crippen LogP contribution in [0.3, 0.4) is 0 Å². The Morgan fingerprint density at radius 1 is 1.33 bits per heavy atom. The third kappa shape index (κ3) is 2.91. The molecule has 1 atom stereocenters. The summed E-state index contributed by atoms with van der Waals surface area (Å²) in [6.07, 6.45) is 2.78. The third-order valence-electron chi connectivity index (χ3n) is 3.71. The molecule has 1 fully saturated rings. The Bertz CT molecular complexity index is 399. The molecule has 0 spiro atoms. The van der Waals surface area contributed by atoms with Crippen LogP contribution in [-0.4, -0.2) is 30.9 Å². The lowest BCUT2D eigenvalue weighted by molar-refractivity contribution is -0.128. The molecule has 0 bridgehead atoms. The summed E-state index contributed by atoms with van der Waals surface area (Å²) in [6, 6.07) is 8.91. The number of likely N-dealkylation sites (N-methyl/N-ethyl adjacent to an activating group) is 1. The third-order valence-corrected chi connectivity index (χ3v) is 3.71. The van der Waals surface area contributed by atoms with Crippen molar-refractivity contribution in [2.75, 3.05) is 20.1 Å². The first-order valence-electron chi connectivity index (χ1n) is 6.78. The minimum absolute atomic E-state index is 0.234. The fourth-order valence-corrected chi connectivity index (χ4v) is 2.47. The van der Waals surface area contributed by atoms with E-state index in [1.807, 2.05) is 11.9 Å². The Morgan fingerprint density at radius 2 is 2.06 bits per heavy atom. The molecule has 1 aromatic rings. The maximum Gasteiger partial charge on any atom is 0.222 e. The topological polar surface area (TPSA) is 32.3 Å². The molecule has 1 aliphatic heterocycles. The van der Waals surface area contributed by atoms with Crippen LogP contribution in [-0.2, 0) is 11.2 Å². The molecular weight excluding hydrogens is 224 g/mol. The zero-order valence-corrected chi connectivity index (χ0v) is 11.3. The lowest BCUT2D eigenvalue weighted by atomic mass is 10.0. The highest BCUT2D eigenvalue weighted by Crippen LogP contribution is 2.18. The predicted molar refractivity (Wildman–Crippen MR) is 73.4 cm³/mol. The van der Waals surface area contributed by atoms with Crippen LogP contribution < -0.4 is 5.32 Å². The first-order valence-corrected chi connectivity index (χ1v) is 6.78. The quantitative estimate of drug-likeness (QED) is 0.863. The highest BCUT2D eigenvalue weighted by molar-refractivity contribution is 5.78. The predicted octanol–water partition coefficient (Wildman–Crippen LogP) is 2.13. The van der Waals surface area contributed by atoms with Crippen molar-refractivity contribution in [2.45, 2.75) is 32.2 Å². The van der Waals surface area contributed by atoms with E-state index in [9.17, 15) is 4.79 Å². The average Bonchev–Trinajstić information content (AvgIpc) is 2.81. The summed E-state index contributed by atoms with van der Waals surface area (Å²) in [5.41, 5.74) is 2.61. The molecule has 0 aliphatic carbocycles. The lowest BCUT2D eigenvalue weighted by Gasteiger charge is -2.24. The van der Waals surface area contributed by atoms with Crippen LogP contribution in [0.25, 0.3) is 0 Å². The number of aryl methyl sites for hydroxylation is 1. The summed E-state index contributed by atoms with van der Waals surface area (Å²) >= 11 is 0. The Kier molecular flexibility index (Phi) is 4.37. The second-order valence-electron chi connectivity index (χ2n) is 4.88. The van der Waals surface area contributed by atoms with Gasteiger partial charge in [-0.25, -0.2) is 0 Å². The molecule has 1 aromatic carbocycles. The monoisotopic (exact) mass is 246 g/mol. The molecule has 0 aromatic heterocycles. The van der Waals surface area contributed by atoms with E-state index in [2.05, 4.69) is 36.5 Å². The van der Waals surface area contributed by atoms with Crippen molar-refractivity contribution in [2.24, 2.45) is 0 Å². The highest BCUT2D eigenvalue weighted by atomic mass is 16.2. The van der Waals surface area contributed by atoms with Gasteiger partial charge in [0.05, 0.1) is 0 Å². The maximum absolute atomic E-state index is 11.7. The van der Waals surface area contributed by atoms with Crippen molar-refractivity contribution < 1.29 is 4.79 Å². The minimum atomic E-state index is 0.234. The SMILES string of the molecule is CCc1ccc(C(CN2CCCC2=O)NC)cc1. The Labute approximate surface area is 109 Å². The van der Waals surface area contributed by atoms with Gasteiger partial charge in [-0.1, -0.05) is 31.2 Å². The van der Waals surface area contributed by atoms with Crippen LogP contribution in [0.2, 0.25) is 0 Å². The zero-order valence-electron chi connectivity index (χ0n) is 11.3. The highest BCUT2D eigenvalue weighted by Gasteiger charge is 2.23. The van der Waals surface area contributed by atoms with Gasteiger partial charge in [0.15, 0.2) is 0 Å². The minimum Gasteiger partial charge on any atom is -0.341 e. The summed E-state index contributed by atoms with van der Waals surface area (Å²) < 4.78 is 0. The van der Waals surface area contributed by atoms with Gasteiger partial charge in [0.25, 0.3) is 0 Å². The van der Waals surface area contributed by atoms with Gasteiger partial charge in [-0.15, -0.1) is 0 Å². The largest absolute Gasteiger partial charge is 0.341 e. The van der Waals surface area contributed by atoms with Crippen molar-refractivity contribution >= 4 is 5.91 Å². The molecule has 1 N–H and O–H groups in total. The van der Waals surface area contributed by atoms with E-state index < -0.39 is 0 Å². The number of benzene rings is 1. The van der Waals surface area contributed by atoms with Crippen molar-refractivity contribution in [1.29, 1.82) is 0 Å². The van der Waals surface area contributed by atoms with Gasteiger partial charge in [-0.2, -0.15) is 0 Å². The van der Waals surface area contributed by atoms with Crippen LogP contribution in [0.15, 0.2) is 24.3 Å². The first-order chi connectivity index (χ1) is 8.74. The maximum atomic E-state index is 11.7. The fourth-order valence-electron chi connectivity index (χ4n) is 2.47. The Hall–Kier alpha value is -1.35. The fraction of sp³-hybridized carbons (Fsp3) is 0.533. The van der Waals surface area contributed by atoms with Gasteiger partial charge in [0.1, 0.15) is 0 Å². The number of carbonyl (C=O) groups is 1. The zero-order chi connectivity index (χ0) is 13.0. The molecule has 0 radical (unpaired) electrons. The number of amides is 1. The smallest absolute Gasteiger partial charge is 0.222 e. The normalized spacial score (nSPS) is 17.2. The van der Waals surface area contributed by atoms with Gasteiger partial charge in [-0.3, -0.25) is 4.79 Å². The molecule has 1 unspecified atom stereocenters. The Morgan fingerprint density at radius 3 is 2.56 bits per heavy atom. The van der Waals surface area contributed by atoms with E-state index in [1.54, 1.807) is 0 Å². The summed E-state index contributed by atoms with van der Waals surface area (Å²) in [4.78, 5) is 13.6. The first kappa shape index (κ1) is 13.1. The van der Waals surface area contributed by atoms with E-state index >= 15 is 0 Å². The molecule has 98 valence electrons. The molecule has 3 nitrogen and oxygen atoms in total. The molecule has 1 aliphatic rings. The van der Waals surface area contributed by atoms with Crippen molar-refractivity contribution in [3.8, 4) is 0 Å². The summed E-state index contributed by atoms with van der Waals surface area (Å²) in [5.74, 6) is 0.292. The van der Waals surface area contributed by atoms with Crippen LogP contribution in [0, 0.1) is 0 Å². The van der Waals surface area contributed by atoms with Gasteiger partial charge < -0.3 is 10.2 Å². The van der Waals surface area contributed by atoms with Gasteiger partial charge in [-0.05, 0) is 31.0 Å². The number of hydrogen-bond donors (Lipinski definition) is 1. The van der Waals surface area contributed by atoms with Crippen LogP contribution in [0.1, 0.15) is 36.9 Å². The van der Waals surface area contributed by atoms with Gasteiger partial charge in [0, 0.05) is 25.6 Å². The second-order valence-corrected chi connectivity index (χ2v) is 4.88. The van der Waals surface area contributed by atoms with E-state index in [0.29, 0.717) is 12.3 Å². The lowest BCUT2D eigenvalue weighted by Crippen LogP contribution is -2.34. The molecular formula is C15H22N2O. The van der Waals surface area contributed by atoms with Crippen molar-refractivity contribution in [3.63, 3.8) is 0 Å². The number of nitrogens with one attached hydrogen (secondary N) is 1. The summed E-state index contributed by atoms with van der Waals surface area (Å²) in [7, 11) is 1.96. The number of likely N-dealkylation sites (tertiary alicyclic amines) is 1. The Balaban J connectivity index is 2.04. The standard InChI is InChI=1S/C15H22N2O/c1-3-12-6-8-13(9-7-12)14(16-2)11-17-10-4-5-15(17)18/h6-9,14,16H,3-5,10-11H2,1-2H3. The van der Waals surface area contributed by atoms with Crippen LogP contribution in [0.5, 0.6) is 0 Å². The molecule has 3 heteroatoms. The van der Waals surface area contributed by atoms with Crippen LogP contribution >= 0.6 is 0 Å². The number of carbonyl (C=O) groups excluding carboxylic acids is 1. The molecule has 18 heavy (non-hydrogen) atoms. The van der Waals surface area contributed by atoms with E-state index in [-0.39, 0.29) is 6.04 Å². The molecule has 1 heterocycles. The molecule has 1 amide bonds. The van der Waals surface area contributed by atoms with Crippen molar-refractivity contribution in [1.82, 2.24) is 10.2 Å². The van der Waals surface area contributed by atoms with E-state index in [1.165, 1.54) is 11.1 Å². The molecule has 0 saturated carbocycles. The number of rotatable bonds is 5.